The maximum absolute atomic E-state index is 12.2. The predicted molar refractivity (Wildman–Crippen MR) is 75.9 cm³/mol. The van der Waals surface area contributed by atoms with E-state index in [0.717, 1.165) is 6.42 Å². The number of halogens is 1. The van der Waals surface area contributed by atoms with Crippen LogP contribution in [0.1, 0.15) is 47.5 Å². The van der Waals surface area contributed by atoms with Gasteiger partial charge in [0.25, 0.3) is 0 Å². The summed E-state index contributed by atoms with van der Waals surface area (Å²) in [4.78, 5) is 12.2. The average molecular weight is 279 g/mol. The lowest BCUT2D eigenvalue weighted by molar-refractivity contribution is -0.171. The molecule has 18 heavy (non-hydrogen) atoms. The van der Waals surface area contributed by atoms with Crippen molar-refractivity contribution in [3.63, 3.8) is 0 Å². The minimum absolute atomic E-state index is 0. The fraction of sp³-hybridized carbons (Fsp3) is 0.923. The van der Waals surface area contributed by atoms with E-state index >= 15 is 0 Å². The number of nitrogens with one attached hydrogen (secondary N) is 1. The smallest absolute Gasteiger partial charge is 0.241 e. The Morgan fingerprint density at radius 3 is 2.44 bits per heavy atom. The zero-order valence-corrected chi connectivity index (χ0v) is 12.9. The Morgan fingerprint density at radius 1 is 1.50 bits per heavy atom. The summed E-state index contributed by atoms with van der Waals surface area (Å²) in [5, 5.41) is 2.97. The molecule has 0 saturated heterocycles. The van der Waals surface area contributed by atoms with Gasteiger partial charge >= 0.3 is 0 Å². The quantitative estimate of drug-likeness (QED) is 0.807. The van der Waals surface area contributed by atoms with Crippen LogP contribution in [0, 0.1) is 5.41 Å². The van der Waals surface area contributed by atoms with Gasteiger partial charge in [-0.1, -0.05) is 20.8 Å². The first-order valence-electron chi connectivity index (χ1n) is 6.51. The molecule has 0 aromatic heterocycles. The number of amides is 1. The normalized spacial score (nSPS) is 30.9. The fourth-order valence-corrected chi connectivity index (χ4v) is 2.28. The van der Waals surface area contributed by atoms with Crippen molar-refractivity contribution in [2.45, 2.75) is 65.1 Å². The van der Waals surface area contributed by atoms with E-state index in [1.807, 2.05) is 34.6 Å². The largest absolute Gasteiger partial charge is 0.378 e. The summed E-state index contributed by atoms with van der Waals surface area (Å²) < 4.78 is 5.61. The third-order valence-electron chi connectivity index (χ3n) is 4.23. The number of rotatable bonds is 5. The fourth-order valence-electron chi connectivity index (χ4n) is 2.28. The molecule has 4 nitrogen and oxygen atoms in total. The first-order valence-corrected chi connectivity index (χ1v) is 6.51. The molecule has 0 heterocycles. The summed E-state index contributed by atoms with van der Waals surface area (Å²) in [5.41, 5.74) is 5.16. The first kappa shape index (κ1) is 17.7. The molecule has 0 aromatic rings. The lowest BCUT2D eigenvalue weighted by Gasteiger charge is -2.57. The summed E-state index contributed by atoms with van der Waals surface area (Å²) in [7, 11) is 0. The van der Waals surface area contributed by atoms with E-state index in [-0.39, 0.29) is 35.9 Å². The molecule has 0 aliphatic heterocycles. The second kappa shape index (κ2) is 6.22. The highest BCUT2D eigenvalue weighted by Crippen LogP contribution is 2.49. The van der Waals surface area contributed by atoms with E-state index in [2.05, 4.69) is 5.32 Å². The topological polar surface area (TPSA) is 64.3 Å². The molecule has 3 unspecified atom stereocenters. The summed E-state index contributed by atoms with van der Waals surface area (Å²) in [6.45, 7) is 10.7. The van der Waals surface area contributed by atoms with Crippen LogP contribution in [-0.2, 0) is 9.53 Å². The van der Waals surface area contributed by atoms with Crippen LogP contribution in [0.25, 0.3) is 0 Å². The lowest BCUT2D eigenvalue weighted by atomic mass is 9.54. The number of hydrogen-bond donors (Lipinski definition) is 2. The second-order valence-corrected chi connectivity index (χ2v) is 5.62. The first-order chi connectivity index (χ1) is 7.79. The zero-order chi connectivity index (χ0) is 13.3. The molecule has 108 valence electrons. The highest BCUT2D eigenvalue weighted by atomic mass is 35.5. The van der Waals surface area contributed by atoms with Gasteiger partial charge in [0.1, 0.15) is 5.54 Å². The van der Waals surface area contributed by atoms with Gasteiger partial charge in [0.2, 0.25) is 5.91 Å². The number of hydrogen-bond acceptors (Lipinski definition) is 3. The standard InChI is InChI=1S/C13H26N2O2.ClH/c1-6-9(3)15-11(16)13(14)8-10(17-7-2)12(13,4)5;/h9-10H,6-8,14H2,1-5H3,(H,15,16);1H. The highest BCUT2D eigenvalue weighted by Gasteiger charge is 2.62. The third-order valence-corrected chi connectivity index (χ3v) is 4.23. The molecule has 1 saturated carbocycles. The molecule has 5 heteroatoms. The zero-order valence-electron chi connectivity index (χ0n) is 12.1. The van der Waals surface area contributed by atoms with Crippen molar-refractivity contribution in [3.8, 4) is 0 Å². The Morgan fingerprint density at radius 2 is 2.06 bits per heavy atom. The van der Waals surface area contributed by atoms with Crippen LogP contribution in [0.4, 0.5) is 0 Å². The molecule has 0 aromatic carbocycles. The van der Waals surface area contributed by atoms with E-state index in [9.17, 15) is 4.79 Å². The number of carbonyl (C=O) groups is 1. The molecule has 3 N–H and O–H groups in total. The maximum Gasteiger partial charge on any atom is 0.241 e. The SMILES string of the molecule is CCOC1CC(N)(C(=O)NC(C)CC)C1(C)C.Cl. The van der Waals surface area contributed by atoms with Crippen molar-refractivity contribution >= 4 is 18.3 Å². The minimum Gasteiger partial charge on any atom is -0.378 e. The van der Waals surface area contributed by atoms with Crippen molar-refractivity contribution in [1.29, 1.82) is 0 Å². The summed E-state index contributed by atoms with van der Waals surface area (Å²) in [5.74, 6) is -0.0483. The molecule has 0 spiro atoms. The Bertz CT molecular complexity index is 297. The van der Waals surface area contributed by atoms with E-state index < -0.39 is 5.54 Å². The molecular formula is C13H27ClN2O2. The average Bonchev–Trinajstić information content (AvgIpc) is 2.28. The van der Waals surface area contributed by atoms with Gasteiger partial charge in [-0.05, 0) is 20.3 Å². The van der Waals surface area contributed by atoms with Crippen LogP contribution in [0.2, 0.25) is 0 Å². The van der Waals surface area contributed by atoms with Crippen molar-refractivity contribution in [1.82, 2.24) is 5.32 Å². The van der Waals surface area contributed by atoms with E-state index in [4.69, 9.17) is 10.5 Å². The Labute approximate surface area is 116 Å². The van der Waals surface area contributed by atoms with Gasteiger partial charge in [-0.15, -0.1) is 12.4 Å². The Balaban J connectivity index is 0.00000289. The predicted octanol–water partition coefficient (Wildman–Crippen LogP) is 1.86. The van der Waals surface area contributed by atoms with E-state index in [0.29, 0.717) is 13.0 Å². The molecule has 3 atom stereocenters. The summed E-state index contributed by atoms with van der Waals surface area (Å²) >= 11 is 0. The minimum atomic E-state index is -0.795. The van der Waals surface area contributed by atoms with Crippen LogP contribution in [0.5, 0.6) is 0 Å². The summed E-state index contributed by atoms with van der Waals surface area (Å²) in [6.07, 6.45) is 1.60. The monoisotopic (exact) mass is 278 g/mol. The summed E-state index contributed by atoms with van der Waals surface area (Å²) in [6, 6.07) is 0.171. The van der Waals surface area contributed by atoms with Gasteiger partial charge in [0.15, 0.2) is 0 Å². The Kier molecular flexibility index (Phi) is 6.11. The molecular weight excluding hydrogens is 252 g/mol. The van der Waals surface area contributed by atoms with Gasteiger partial charge in [0, 0.05) is 24.5 Å². The number of ether oxygens (including phenoxy) is 1. The van der Waals surface area contributed by atoms with Crippen molar-refractivity contribution in [2.75, 3.05) is 6.61 Å². The number of carbonyl (C=O) groups excluding carboxylic acids is 1. The molecule has 1 rings (SSSR count). The van der Waals surface area contributed by atoms with Gasteiger partial charge in [-0.25, -0.2) is 0 Å². The van der Waals surface area contributed by atoms with Gasteiger partial charge in [0.05, 0.1) is 6.10 Å². The van der Waals surface area contributed by atoms with Gasteiger partial charge in [-0.3, -0.25) is 4.79 Å². The van der Waals surface area contributed by atoms with Crippen LogP contribution in [0.3, 0.4) is 0 Å². The molecule has 0 bridgehead atoms. The third kappa shape index (κ3) is 2.81. The molecule has 1 aliphatic carbocycles. The van der Waals surface area contributed by atoms with Crippen LogP contribution in [0.15, 0.2) is 0 Å². The molecule has 1 amide bonds. The van der Waals surface area contributed by atoms with Crippen molar-refractivity contribution in [3.05, 3.63) is 0 Å². The van der Waals surface area contributed by atoms with E-state index in [1.54, 1.807) is 0 Å². The second-order valence-electron chi connectivity index (χ2n) is 5.62. The maximum atomic E-state index is 12.2. The van der Waals surface area contributed by atoms with Gasteiger partial charge < -0.3 is 15.8 Å². The van der Waals surface area contributed by atoms with Crippen LogP contribution >= 0.6 is 12.4 Å². The Hall–Kier alpha value is -0.320. The van der Waals surface area contributed by atoms with Crippen LogP contribution in [-0.4, -0.2) is 30.2 Å². The molecule has 1 fully saturated rings. The number of nitrogens with two attached hydrogens (primary N) is 1. The van der Waals surface area contributed by atoms with Crippen molar-refractivity contribution < 1.29 is 9.53 Å². The van der Waals surface area contributed by atoms with Crippen molar-refractivity contribution in [2.24, 2.45) is 11.1 Å². The van der Waals surface area contributed by atoms with Gasteiger partial charge in [-0.2, -0.15) is 0 Å². The highest BCUT2D eigenvalue weighted by molar-refractivity contribution is 5.89. The molecule has 0 radical (unpaired) electrons. The molecule has 1 aliphatic rings. The van der Waals surface area contributed by atoms with Crippen LogP contribution < -0.4 is 11.1 Å². The van der Waals surface area contributed by atoms with E-state index in [1.165, 1.54) is 0 Å². The lowest BCUT2D eigenvalue weighted by Crippen LogP contribution is -2.76.